The molecule has 1 atom stereocenters. The molecule has 7 heteroatoms. The molecule has 1 aromatic heterocycles. The quantitative estimate of drug-likeness (QED) is 0.612. The highest BCUT2D eigenvalue weighted by molar-refractivity contribution is 8.01. The Bertz CT molecular complexity index is 574. The lowest BCUT2D eigenvalue weighted by molar-refractivity contribution is -0.115. The fourth-order valence-corrected chi connectivity index (χ4v) is 4.02. The molecule has 1 N–H and O–H groups in total. The maximum Gasteiger partial charge on any atom is 0.239 e. The van der Waals surface area contributed by atoms with Gasteiger partial charge in [-0.3, -0.25) is 10.1 Å². The van der Waals surface area contributed by atoms with Gasteiger partial charge < -0.3 is 0 Å². The average molecular weight is 340 g/mol. The summed E-state index contributed by atoms with van der Waals surface area (Å²) in [4.78, 5) is 12.1. The fourth-order valence-electron chi connectivity index (χ4n) is 1.52. The highest BCUT2D eigenvalue weighted by atomic mass is 32.2. The van der Waals surface area contributed by atoms with Crippen molar-refractivity contribution in [3.8, 4) is 0 Å². The van der Waals surface area contributed by atoms with Gasteiger partial charge in [0.15, 0.2) is 4.34 Å². The summed E-state index contributed by atoms with van der Waals surface area (Å²) in [6.07, 6.45) is 0. The Morgan fingerprint density at radius 2 is 2.10 bits per heavy atom. The van der Waals surface area contributed by atoms with Crippen LogP contribution in [0.4, 0.5) is 5.13 Å². The second-order valence-electron chi connectivity index (χ2n) is 4.23. The topological polar surface area (TPSA) is 54.9 Å². The molecule has 1 amide bonds. The first kappa shape index (κ1) is 16.3. The van der Waals surface area contributed by atoms with Crippen LogP contribution in [0.3, 0.4) is 0 Å². The number of thioether (sulfide) groups is 2. The third-order valence-electron chi connectivity index (χ3n) is 2.62. The van der Waals surface area contributed by atoms with E-state index in [1.165, 1.54) is 16.9 Å². The van der Waals surface area contributed by atoms with Gasteiger partial charge in [0.1, 0.15) is 0 Å². The molecule has 0 aliphatic heterocycles. The number of aromatic nitrogens is 2. The molecule has 2 aromatic rings. The van der Waals surface area contributed by atoms with Crippen LogP contribution in [0, 0.1) is 0 Å². The Morgan fingerprint density at radius 3 is 2.81 bits per heavy atom. The number of anilines is 1. The first-order valence-corrected chi connectivity index (χ1v) is 9.46. The molecule has 0 saturated carbocycles. The Morgan fingerprint density at radius 1 is 1.33 bits per heavy atom. The van der Waals surface area contributed by atoms with Crippen molar-refractivity contribution in [3.05, 3.63) is 35.9 Å². The van der Waals surface area contributed by atoms with Crippen LogP contribution in [-0.4, -0.2) is 27.1 Å². The van der Waals surface area contributed by atoms with E-state index in [2.05, 4.69) is 34.6 Å². The van der Waals surface area contributed by atoms with Crippen molar-refractivity contribution in [1.29, 1.82) is 0 Å². The molecule has 112 valence electrons. The van der Waals surface area contributed by atoms with Gasteiger partial charge in [0, 0.05) is 5.75 Å². The van der Waals surface area contributed by atoms with Crippen molar-refractivity contribution in [2.45, 2.75) is 29.2 Å². The summed E-state index contributed by atoms with van der Waals surface area (Å²) in [7, 11) is 0. The van der Waals surface area contributed by atoms with Gasteiger partial charge in [-0.15, -0.1) is 22.0 Å². The maximum absolute atomic E-state index is 12.1. The van der Waals surface area contributed by atoms with E-state index in [9.17, 15) is 4.79 Å². The fraction of sp³-hybridized carbons (Fsp3) is 0.357. The van der Waals surface area contributed by atoms with Gasteiger partial charge in [0.2, 0.25) is 11.0 Å². The van der Waals surface area contributed by atoms with Gasteiger partial charge in [-0.2, -0.15) is 0 Å². The van der Waals surface area contributed by atoms with Crippen LogP contribution in [0.5, 0.6) is 0 Å². The zero-order valence-electron chi connectivity index (χ0n) is 11.9. The smallest absolute Gasteiger partial charge is 0.239 e. The lowest BCUT2D eigenvalue weighted by Gasteiger charge is -2.10. The molecule has 0 aliphatic rings. The molecular formula is C14H17N3OS3. The first-order valence-electron chi connectivity index (χ1n) is 6.61. The van der Waals surface area contributed by atoms with E-state index in [1.807, 2.05) is 25.1 Å². The van der Waals surface area contributed by atoms with E-state index in [0.717, 1.165) is 15.8 Å². The number of nitrogens with one attached hydrogen (secondary N) is 1. The zero-order valence-corrected chi connectivity index (χ0v) is 14.4. The second kappa shape index (κ2) is 8.41. The number of carbonyl (C=O) groups is 1. The number of hydrogen-bond donors (Lipinski definition) is 1. The van der Waals surface area contributed by atoms with Crippen LogP contribution in [0.1, 0.15) is 19.4 Å². The van der Waals surface area contributed by atoms with E-state index in [1.54, 1.807) is 23.5 Å². The van der Waals surface area contributed by atoms with Crippen LogP contribution in [0.2, 0.25) is 0 Å². The summed E-state index contributed by atoms with van der Waals surface area (Å²) in [5.41, 5.74) is 1.22. The number of carbonyl (C=O) groups excluding carboxylic acids is 1. The standard InChI is InChI=1S/C14H17N3OS3/c1-3-19-14-17-16-13(21-14)15-12(18)10(2)20-9-11-7-5-4-6-8-11/h4-8,10H,3,9H2,1-2H3,(H,15,16,18)/t10-/m0/s1. The molecule has 1 heterocycles. The van der Waals surface area contributed by atoms with Crippen LogP contribution in [0.25, 0.3) is 0 Å². The second-order valence-corrected chi connectivity index (χ2v) is 8.05. The number of benzene rings is 1. The largest absolute Gasteiger partial charge is 0.300 e. The molecule has 0 unspecified atom stereocenters. The molecule has 0 radical (unpaired) electrons. The predicted octanol–water partition coefficient (Wildman–Crippen LogP) is 3.91. The minimum Gasteiger partial charge on any atom is -0.300 e. The highest BCUT2D eigenvalue weighted by Crippen LogP contribution is 2.26. The third kappa shape index (κ3) is 5.33. The van der Waals surface area contributed by atoms with Crippen LogP contribution >= 0.6 is 34.9 Å². The molecule has 1 aromatic carbocycles. The zero-order chi connectivity index (χ0) is 15.1. The Labute approximate surface area is 137 Å². The SMILES string of the molecule is CCSc1nnc(NC(=O)[C@H](C)SCc2ccccc2)s1. The minimum absolute atomic E-state index is 0.0277. The summed E-state index contributed by atoms with van der Waals surface area (Å²) in [6.45, 7) is 3.97. The predicted molar refractivity (Wildman–Crippen MR) is 92.1 cm³/mol. The third-order valence-corrected chi connectivity index (χ3v) is 5.68. The van der Waals surface area contributed by atoms with Crippen LogP contribution in [0.15, 0.2) is 34.7 Å². The van der Waals surface area contributed by atoms with Crippen molar-refractivity contribution in [1.82, 2.24) is 10.2 Å². The van der Waals surface area contributed by atoms with Gasteiger partial charge in [0.25, 0.3) is 0 Å². The van der Waals surface area contributed by atoms with Crippen molar-refractivity contribution in [2.75, 3.05) is 11.1 Å². The molecule has 0 spiro atoms. The van der Waals surface area contributed by atoms with E-state index < -0.39 is 0 Å². The summed E-state index contributed by atoms with van der Waals surface area (Å²) >= 11 is 4.66. The molecule has 2 rings (SSSR count). The summed E-state index contributed by atoms with van der Waals surface area (Å²) in [5, 5.41) is 11.3. The van der Waals surface area contributed by atoms with Gasteiger partial charge in [0.05, 0.1) is 5.25 Å². The van der Waals surface area contributed by atoms with Crippen LogP contribution < -0.4 is 5.32 Å². The number of amides is 1. The Hall–Kier alpha value is -1.05. The van der Waals surface area contributed by atoms with Crippen molar-refractivity contribution in [3.63, 3.8) is 0 Å². The van der Waals surface area contributed by atoms with Gasteiger partial charge in [-0.1, -0.05) is 60.4 Å². The number of nitrogens with zero attached hydrogens (tertiary/aromatic N) is 2. The van der Waals surface area contributed by atoms with Gasteiger partial charge in [-0.25, -0.2) is 0 Å². The van der Waals surface area contributed by atoms with E-state index >= 15 is 0 Å². The normalized spacial score (nSPS) is 12.1. The van der Waals surface area contributed by atoms with Crippen molar-refractivity contribution < 1.29 is 4.79 Å². The first-order chi connectivity index (χ1) is 10.2. The molecular weight excluding hydrogens is 322 g/mol. The number of hydrogen-bond acceptors (Lipinski definition) is 6. The molecule has 0 aliphatic carbocycles. The van der Waals surface area contributed by atoms with Crippen molar-refractivity contribution >= 4 is 45.9 Å². The van der Waals surface area contributed by atoms with E-state index in [4.69, 9.17) is 0 Å². The Balaban J connectivity index is 1.81. The monoisotopic (exact) mass is 339 g/mol. The van der Waals surface area contributed by atoms with E-state index in [0.29, 0.717) is 5.13 Å². The summed E-state index contributed by atoms with van der Waals surface area (Å²) < 4.78 is 0.886. The minimum atomic E-state index is -0.128. The molecule has 0 bridgehead atoms. The van der Waals surface area contributed by atoms with Gasteiger partial charge >= 0.3 is 0 Å². The highest BCUT2D eigenvalue weighted by Gasteiger charge is 2.15. The lowest BCUT2D eigenvalue weighted by Crippen LogP contribution is -2.22. The molecule has 21 heavy (non-hydrogen) atoms. The maximum atomic E-state index is 12.1. The Kier molecular flexibility index (Phi) is 6.53. The average Bonchev–Trinajstić information content (AvgIpc) is 2.93. The molecule has 0 fully saturated rings. The number of rotatable bonds is 7. The molecule has 0 saturated heterocycles. The lowest BCUT2D eigenvalue weighted by atomic mass is 10.2. The summed E-state index contributed by atoms with van der Waals surface area (Å²) in [6, 6.07) is 10.1. The van der Waals surface area contributed by atoms with E-state index in [-0.39, 0.29) is 11.2 Å². The molecule has 4 nitrogen and oxygen atoms in total. The van der Waals surface area contributed by atoms with Crippen molar-refractivity contribution in [2.24, 2.45) is 0 Å². The van der Waals surface area contributed by atoms with Gasteiger partial charge in [-0.05, 0) is 18.2 Å². The van der Waals surface area contributed by atoms with Crippen LogP contribution in [-0.2, 0) is 10.5 Å². The summed E-state index contributed by atoms with van der Waals surface area (Å²) in [5.74, 6) is 1.74.